The molecular formula is C15H18ClN3O. The minimum Gasteiger partial charge on any atom is -0.327 e. The number of hydrogen-bond acceptors (Lipinski definition) is 3. The first-order valence-corrected chi connectivity index (χ1v) is 6.90. The lowest BCUT2D eigenvalue weighted by molar-refractivity contribution is -0.119. The van der Waals surface area contributed by atoms with Crippen molar-refractivity contribution in [1.82, 2.24) is 4.98 Å². The third kappa shape index (κ3) is 2.76. The molecule has 2 aromatic rings. The molecule has 0 bridgehead atoms. The van der Waals surface area contributed by atoms with Crippen LogP contribution in [0.15, 0.2) is 24.4 Å². The van der Waals surface area contributed by atoms with Gasteiger partial charge in [0.2, 0.25) is 5.91 Å². The van der Waals surface area contributed by atoms with Crippen LogP contribution in [0.5, 0.6) is 0 Å². The number of benzene rings is 1. The predicted molar refractivity (Wildman–Crippen MR) is 82.9 cm³/mol. The second kappa shape index (κ2) is 5.77. The van der Waals surface area contributed by atoms with Crippen molar-refractivity contribution in [2.45, 2.75) is 26.8 Å². The predicted octanol–water partition coefficient (Wildman–Crippen LogP) is 3.12. The van der Waals surface area contributed by atoms with E-state index in [2.05, 4.69) is 10.3 Å². The maximum atomic E-state index is 12.2. The summed E-state index contributed by atoms with van der Waals surface area (Å²) in [5, 5.41) is 4.21. The summed E-state index contributed by atoms with van der Waals surface area (Å²) in [6.07, 6.45) is 1.72. The van der Waals surface area contributed by atoms with Gasteiger partial charge in [0.15, 0.2) is 0 Å². The smallest absolute Gasteiger partial charge is 0.228 e. The molecule has 0 saturated carbocycles. The summed E-state index contributed by atoms with van der Waals surface area (Å²) in [5.41, 5.74) is 8.16. The highest BCUT2D eigenvalue weighted by Crippen LogP contribution is 2.32. The lowest BCUT2D eigenvalue weighted by Gasteiger charge is -2.17. The van der Waals surface area contributed by atoms with Gasteiger partial charge >= 0.3 is 0 Å². The molecule has 0 radical (unpaired) electrons. The molecule has 0 saturated heterocycles. The Morgan fingerprint density at radius 3 is 2.80 bits per heavy atom. The Labute approximate surface area is 123 Å². The molecule has 0 aliphatic heterocycles. The van der Waals surface area contributed by atoms with Crippen molar-refractivity contribution in [3.63, 3.8) is 0 Å². The van der Waals surface area contributed by atoms with Crippen molar-refractivity contribution >= 4 is 34.1 Å². The van der Waals surface area contributed by atoms with E-state index in [0.717, 1.165) is 16.5 Å². The molecule has 2 rings (SSSR count). The summed E-state index contributed by atoms with van der Waals surface area (Å²) in [7, 11) is 0. The molecule has 0 aliphatic rings. The molecule has 1 aromatic heterocycles. The molecule has 0 spiro atoms. The fraction of sp³-hybridized carbons (Fsp3) is 0.333. The van der Waals surface area contributed by atoms with E-state index in [1.165, 1.54) is 0 Å². The molecule has 4 nitrogen and oxygen atoms in total. The second-order valence-electron chi connectivity index (χ2n) is 5.09. The topological polar surface area (TPSA) is 68.0 Å². The van der Waals surface area contributed by atoms with E-state index in [0.29, 0.717) is 10.7 Å². The maximum Gasteiger partial charge on any atom is 0.228 e. The Balaban J connectivity index is 2.47. The first-order chi connectivity index (χ1) is 9.41. The molecule has 0 fully saturated rings. The third-order valence-corrected chi connectivity index (χ3v) is 3.78. The van der Waals surface area contributed by atoms with Crippen LogP contribution in [0.3, 0.4) is 0 Å². The minimum atomic E-state index is -0.293. The van der Waals surface area contributed by atoms with Crippen molar-refractivity contribution in [3.8, 4) is 0 Å². The summed E-state index contributed by atoms with van der Waals surface area (Å²) in [6, 6.07) is 5.31. The first kappa shape index (κ1) is 14.8. The summed E-state index contributed by atoms with van der Waals surface area (Å²) in [5.74, 6) is -0.435. The second-order valence-corrected chi connectivity index (χ2v) is 5.49. The van der Waals surface area contributed by atoms with Crippen LogP contribution in [-0.2, 0) is 4.79 Å². The standard InChI is InChI=1S/C15H18ClN3O/c1-8-7-12(16)14(11-5-4-6-18-13(8)11)19-15(20)9(2)10(3)17/h4-7,9-10H,17H2,1-3H3,(H,19,20). The van der Waals surface area contributed by atoms with Crippen LogP contribution in [0.2, 0.25) is 5.02 Å². The van der Waals surface area contributed by atoms with Crippen molar-refractivity contribution in [2.75, 3.05) is 5.32 Å². The van der Waals surface area contributed by atoms with Crippen LogP contribution >= 0.6 is 11.6 Å². The first-order valence-electron chi connectivity index (χ1n) is 6.52. The fourth-order valence-corrected chi connectivity index (χ4v) is 2.30. The Morgan fingerprint density at radius 2 is 2.15 bits per heavy atom. The van der Waals surface area contributed by atoms with Crippen molar-refractivity contribution in [1.29, 1.82) is 0 Å². The van der Waals surface area contributed by atoms with Gasteiger partial charge in [-0.3, -0.25) is 9.78 Å². The number of carbonyl (C=O) groups excluding carboxylic acids is 1. The maximum absolute atomic E-state index is 12.2. The van der Waals surface area contributed by atoms with E-state index < -0.39 is 0 Å². The summed E-state index contributed by atoms with van der Waals surface area (Å²) in [6.45, 7) is 5.54. The highest BCUT2D eigenvalue weighted by Gasteiger charge is 2.19. The van der Waals surface area contributed by atoms with Gasteiger partial charge in [-0.25, -0.2) is 0 Å². The number of nitrogens with one attached hydrogen (secondary N) is 1. The van der Waals surface area contributed by atoms with Crippen LogP contribution in [0.4, 0.5) is 5.69 Å². The van der Waals surface area contributed by atoms with Crippen LogP contribution < -0.4 is 11.1 Å². The quantitative estimate of drug-likeness (QED) is 0.913. The van der Waals surface area contributed by atoms with Gasteiger partial charge in [-0.2, -0.15) is 0 Å². The van der Waals surface area contributed by atoms with Crippen molar-refractivity contribution < 1.29 is 4.79 Å². The number of nitrogens with zero attached hydrogens (tertiary/aromatic N) is 1. The van der Waals surface area contributed by atoms with Gasteiger partial charge in [-0.15, -0.1) is 0 Å². The highest BCUT2D eigenvalue weighted by molar-refractivity contribution is 6.35. The molecule has 1 heterocycles. The minimum absolute atomic E-state index is 0.143. The van der Waals surface area contributed by atoms with Crippen LogP contribution in [0, 0.1) is 12.8 Å². The summed E-state index contributed by atoms with van der Waals surface area (Å²) < 4.78 is 0. The van der Waals surface area contributed by atoms with E-state index in [9.17, 15) is 4.79 Å². The lowest BCUT2D eigenvalue weighted by atomic mass is 10.0. The van der Waals surface area contributed by atoms with Gasteiger partial charge in [0.05, 0.1) is 22.1 Å². The van der Waals surface area contributed by atoms with E-state index in [-0.39, 0.29) is 17.9 Å². The molecule has 106 valence electrons. The Bertz CT molecular complexity index is 655. The molecule has 2 unspecified atom stereocenters. The summed E-state index contributed by atoms with van der Waals surface area (Å²) in [4.78, 5) is 16.5. The van der Waals surface area contributed by atoms with E-state index in [1.54, 1.807) is 20.0 Å². The average molecular weight is 292 g/mol. The van der Waals surface area contributed by atoms with Crippen molar-refractivity contribution in [3.05, 3.63) is 35.0 Å². The molecule has 0 aliphatic carbocycles. The number of aromatic nitrogens is 1. The number of anilines is 1. The Hall–Kier alpha value is -1.65. The number of fused-ring (bicyclic) bond motifs is 1. The molecule has 1 amide bonds. The van der Waals surface area contributed by atoms with Gasteiger partial charge in [0.25, 0.3) is 0 Å². The van der Waals surface area contributed by atoms with E-state index in [1.807, 2.05) is 25.1 Å². The van der Waals surface area contributed by atoms with Gasteiger partial charge < -0.3 is 11.1 Å². The van der Waals surface area contributed by atoms with Crippen LogP contribution in [-0.4, -0.2) is 16.9 Å². The van der Waals surface area contributed by atoms with Crippen LogP contribution in [0.25, 0.3) is 10.9 Å². The number of rotatable bonds is 3. The summed E-state index contributed by atoms with van der Waals surface area (Å²) >= 11 is 6.26. The number of hydrogen-bond donors (Lipinski definition) is 2. The number of carbonyl (C=O) groups is 1. The number of pyridine rings is 1. The van der Waals surface area contributed by atoms with Gasteiger partial charge in [-0.1, -0.05) is 18.5 Å². The molecule has 3 N–H and O–H groups in total. The van der Waals surface area contributed by atoms with E-state index >= 15 is 0 Å². The molecular weight excluding hydrogens is 274 g/mol. The largest absolute Gasteiger partial charge is 0.327 e. The zero-order chi connectivity index (χ0) is 14.9. The number of amides is 1. The SMILES string of the molecule is Cc1cc(Cl)c(NC(=O)C(C)C(C)N)c2cccnc12. The number of halogens is 1. The number of aryl methyl sites for hydroxylation is 1. The van der Waals surface area contributed by atoms with Gasteiger partial charge in [-0.05, 0) is 37.6 Å². The zero-order valence-electron chi connectivity index (χ0n) is 11.8. The fourth-order valence-electron chi connectivity index (χ4n) is 1.98. The molecule has 2 atom stereocenters. The Kier molecular flexibility index (Phi) is 4.26. The molecule has 20 heavy (non-hydrogen) atoms. The van der Waals surface area contributed by atoms with Crippen LogP contribution in [0.1, 0.15) is 19.4 Å². The highest BCUT2D eigenvalue weighted by atomic mass is 35.5. The number of nitrogens with two attached hydrogens (primary N) is 1. The zero-order valence-corrected chi connectivity index (χ0v) is 12.5. The van der Waals surface area contributed by atoms with Gasteiger partial charge in [0, 0.05) is 17.6 Å². The normalized spacial score (nSPS) is 14.1. The monoisotopic (exact) mass is 291 g/mol. The average Bonchev–Trinajstić information content (AvgIpc) is 2.42. The van der Waals surface area contributed by atoms with Gasteiger partial charge in [0.1, 0.15) is 0 Å². The molecule has 1 aromatic carbocycles. The third-order valence-electron chi connectivity index (χ3n) is 3.48. The lowest BCUT2D eigenvalue weighted by Crippen LogP contribution is -2.34. The molecule has 5 heteroatoms. The van der Waals surface area contributed by atoms with E-state index in [4.69, 9.17) is 17.3 Å². The Morgan fingerprint density at radius 1 is 1.45 bits per heavy atom. The van der Waals surface area contributed by atoms with Crippen molar-refractivity contribution in [2.24, 2.45) is 11.7 Å².